The molecule has 0 radical (unpaired) electrons. The van der Waals surface area contributed by atoms with Crippen LogP contribution in [-0.2, 0) is 10.0 Å². The summed E-state index contributed by atoms with van der Waals surface area (Å²) in [5, 5.41) is 0. The van der Waals surface area contributed by atoms with Crippen LogP contribution >= 0.6 is 15.9 Å². The van der Waals surface area contributed by atoms with Gasteiger partial charge in [0.15, 0.2) is 0 Å². The van der Waals surface area contributed by atoms with Crippen LogP contribution in [0.5, 0.6) is 0 Å². The van der Waals surface area contributed by atoms with E-state index < -0.39 is 10.0 Å². The Morgan fingerprint density at radius 2 is 2.20 bits per heavy atom. The van der Waals surface area contributed by atoms with E-state index in [1.807, 2.05) is 0 Å². The molecule has 0 aliphatic carbocycles. The van der Waals surface area contributed by atoms with E-state index in [0.717, 1.165) is 0 Å². The molecular formula is C10H10BrNO2S. The molecule has 0 amide bonds. The van der Waals surface area contributed by atoms with Crippen LogP contribution in [0.25, 0.3) is 0 Å². The van der Waals surface area contributed by atoms with Crippen LogP contribution in [-0.4, -0.2) is 15.0 Å². The largest absolute Gasteiger partial charge is 0.241 e. The Morgan fingerprint density at radius 1 is 1.53 bits per heavy atom. The van der Waals surface area contributed by atoms with Crippen LogP contribution in [0.2, 0.25) is 0 Å². The Morgan fingerprint density at radius 3 is 2.80 bits per heavy atom. The second-order valence-electron chi connectivity index (χ2n) is 2.94. The number of terminal acetylenes is 1. The molecular weight excluding hydrogens is 278 g/mol. The first-order valence-electron chi connectivity index (χ1n) is 4.16. The zero-order chi connectivity index (χ0) is 11.5. The average molecular weight is 288 g/mol. The summed E-state index contributed by atoms with van der Waals surface area (Å²) in [7, 11) is -3.50. The molecule has 5 heteroatoms. The second kappa shape index (κ2) is 4.79. The van der Waals surface area contributed by atoms with Crippen molar-refractivity contribution in [3.63, 3.8) is 0 Å². The zero-order valence-corrected chi connectivity index (χ0v) is 10.5. The first-order chi connectivity index (χ1) is 6.97. The molecule has 0 spiro atoms. The Labute approximate surface area is 98.1 Å². The van der Waals surface area contributed by atoms with Crippen LogP contribution < -0.4 is 4.72 Å². The Balaban J connectivity index is 3.16. The standard InChI is InChI=1S/C10H10BrNO2S/c1-3-6-12-15(13,14)10-7-9(11)5-4-8(10)2/h1,4-5,7,12H,6H2,2H3. The van der Waals surface area contributed by atoms with Gasteiger partial charge in [-0.1, -0.05) is 27.9 Å². The molecule has 1 N–H and O–H groups in total. The van der Waals surface area contributed by atoms with E-state index in [9.17, 15) is 8.42 Å². The number of sulfonamides is 1. The van der Waals surface area contributed by atoms with Crippen molar-refractivity contribution in [2.75, 3.05) is 6.54 Å². The molecule has 1 aromatic carbocycles. The summed E-state index contributed by atoms with van der Waals surface area (Å²) in [6, 6.07) is 5.07. The van der Waals surface area contributed by atoms with Crippen LogP contribution in [0, 0.1) is 19.3 Å². The molecule has 15 heavy (non-hydrogen) atoms. The quantitative estimate of drug-likeness (QED) is 0.860. The lowest BCUT2D eigenvalue weighted by molar-refractivity contribution is 0.585. The summed E-state index contributed by atoms with van der Waals surface area (Å²) >= 11 is 3.22. The number of aryl methyl sites for hydroxylation is 1. The van der Waals surface area contributed by atoms with Gasteiger partial charge in [-0.2, -0.15) is 4.72 Å². The maximum Gasteiger partial charge on any atom is 0.241 e. The number of nitrogens with one attached hydrogen (secondary N) is 1. The van der Waals surface area contributed by atoms with Crippen molar-refractivity contribution in [2.45, 2.75) is 11.8 Å². The van der Waals surface area contributed by atoms with Crippen molar-refractivity contribution < 1.29 is 8.42 Å². The van der Waals surface area contributed by atoms with E-state index in [4.69, 9.17) is 6.42 Å². The maximum atomic E-state index is 11.7. The molecule has 0 unspecified atom stereocenters. The van der Waals surface area contributed by atoms with E-state index in [2.05, 4.69) is 26.6 Å². The molecule has 0 saturated heterocycles. The minimum absolute atomic E-state index is 0.00567. The van der Waals surface area contributed by atoms with Crippen LogP contribution in [0.3, 0.4) is 0 Å². The lowest BCUT2D eigenvalue weighted by Gasteiger charge is -2.07. The fourth-order valence-electron chi connectivity index (χ4n) is 1.08. The molecule has 0 aliphatic rings. The third-order valence-corrected chi connectivity index (χ3v) is 3.84. The van der Waals surface area contributed by atoms with Gasteiger partial charge in [-0.3, -0.25) is 0 Å². The van der Waals surface area contributed by atoms with Gasteiger partial charge in [0.05, 0.1) is 11.4 Å². The molecule has 0 bridgehead atoms. The number of rotatable bonds is 3. The van der Waals surface area contributed by atoms with Crippen LogP contribution in [0.15, 0.2) is 27.6 Å². The molecule has 80 valence electrons. The Bertz CT molecular complexity index is 503. The van der Waals surface area contributed by atoms with Crippen molar-refractivity contribution in [3.8, 4) is 12.3 Å². The smallest absolute Gasteiger partial charge is 0.207 e. The predicted molar refractivity (Wildman–Crippen MR) is 62.9 cm³/mol. The highest BCUT2D eigenvalue weighted by Crippen LogP contribution is 2.20. The van der Waals surface area contributed by atoms with Crippen molar-refractivity contribution >= 4 is 26.0 Å². The zero-order valence-electron chi connectivity index (χ0n) is 8.12. The van der Waals surface area contributed by atoms with Gasteiger partial charge in [0.2, 0.25) is 10.0 Å². The molecule has 0 aromatic heterocycles. The fraction of sp³-hybridized carbons (Fsp3) is 0.200. The van der Waals surface area contributed by atoms with Crippen molar-refractivity contribution in [2.24, 2.45) is 0 Å². The van der Waals surface area contributed by atoms with Gasteiger partial charge in [-0.25, -0.2) is 8.42 Å². The predicted octanol–water partition coefficient (Wildman–Crippen LogP) is 1.67. The molecule has 0 fully saturated rings. The Kier molecular flexibility index (Phi) is 3.91. The summed E-state index contributed by atoms with van der Waals surface area (Å²) in [6.07, 6.45) is 5.00. The number of hydrogen-bond donors (Lipinski definition) is 1. The monoisotopic (exact) mass is 287 g/mol. The Hall–Kier alpha value is -0.830. The topological polar surface area (TPSA) is 46.2 Å². The van der Waals surface area contributed by atoms with Gasteiger partial charge in [-0.15, -0.1) is 6.42 Å². The average Bonchev–Trinajstić information content (AvgIpc) is 2.18. The highest BCUT2D eigenvalue weighted by atomic mass is 79.9. The molecule has 1 rings (SSSR count). The summed E-state index contributed by atoms with van der Waals surface area (Å²) in [4.78, 5) is 0.243. The SMILES string of the molecule is C#CCNS(=O)(=O)c1cc(Br)ccc1C. The molecule has 0 saturated carbocycles. The van der Waals surface area contributed by atoms with Crippen molar-refractivity contribution in [1.82, 2.24) is 4.72 Å². The van der Waals surface area contributed by atoms with Gasteiger partial charge in [0, 0.05) is 4.47 Å². The van der Waals surface area contributed by atoms with Crippen molar-refractivity contribution in [1.29, 1.82) is 0 Å². The third kappa shape index (κ3) is 3.06. The summed E-state index contributed by atoms with van der Waals surface area (Å²) in [5.74, 6) is 2.23. The van der Waals surface area contributed by atoms with E-state index in [0.29, 0.717) is 10.0 Å². The third-order valence-electron chi connectivity index (χ3n) is 1.80. The molecule has 3 nitrogen and oxygen atoms in total. The van der Waals surface area contributed by atoms with Gasteiger partial charge in [0.1, 0.15) is 0 Å². The maximum absolute atomic E-state index is 11.7. The fourth-order valence-corrected chi connectivity index (χ4v) is 2.79. The summed E-state index contributed by atoms with van der Waals surface area (Å²) in [5.41, 5.74) is 0.683. The van der Waals surface area contributed by atoms with E-state index in [-0.39, 0.29) is 11.4 Å². The van der Waals surface area contributed by atoms with Gasteiger partial charge in [-0.05, 0) is 24.6 Å². The molecule has 0 aliphatic heterocycles. The molecule has 0 atom stereocenters. The molecule has 0 heterocycles. The van der Waals surface area contributed by atoms with Gasteiger partial charge < -0.3 is 0 Å². The lowest BCUT2D eigenvalue weighted by Crippen LogP contribution is -2.24. The van der Waals surface area contributed by atoms with Crippen LogP contribution in [0.4, 0.5) is 0 Å². The highest BCUT2D eigenvalue weighted by molar-refractivity contribution is 9.10. The van der Waals surface area contributed by atoms with E-state index in [1.54, 1.807) is 25.1 Å². The summed E-state index contributed by atoms with van der Waals surface area (Å²) < 4.78 is 26.5. The lowest BCUT2D eigenvalue weighted by atomic mass is 10.2. The number of halogens is 1. The number of hydrogen-bond acceptors (Lipinski definition) is 2. The second-order valence-corrected chi connectivity index (χ2v) is 5.59. The van der Waals surface area contributed by atoms with E-state index in [1.165, 1.54) is 0 Å². The van der Waals surface area contributed by atoms with Crippen molar-refractivity contribution in [3.05, 3.63) is 28.2 Å². The molecule has 1 aromatic rings. The van der Waals surface area contributed by atoms with Gasteiger partial charge in [0.25, 0.3) is 0 Å². The first-order valence-corrected chi connectivity index (χ1v) is 6.44. The normalized spacial score (nSPS) is 11.0. The first kappa shape index (κ1) is 12.2. The minimum atomic E-state index is -3.50. The minimum Gasteiger partial charge on any atom is -0.207 e. The number of benzene rings is 1. The highest BCUT2D eigenvalue weighted by Gasteiger charge is 2.15. The van der Waals surface area contributed by atoms with Gasteiger partial charge >= 0.3 is 0 Å². The van der Waals surface area contributed by atoms with E-state index >= 15 is 0 Å². The summed E-state index contributed by atoms with van der Waals surface area (Å²) in [6.45, 7) is 1.73. The van der Waals surface area contributed by atoms with Crippen LogP contribution in [0.1, 0.15) is 5.56 Å².